The second kappa shape index (κ2) is 3.72. The molecule has 15 heavy (non-hydrogen) atoms. The first-order chi connectivity index (χ1) is 7.16. The van der Waals surface area contributed by atoms with Crippen molar-refractivity contribution in [1.29, 1.82) is 0 Å². The monoisotopic (exact) mass is 209 g/mol. The van der Waals surface area contributed by atoms with E-state index in [9.17, 15) is 9.59 Å². The highest BCUT2D eigenvalue weighted by Gasteiger charge is 2.32. The van der Waals surface area contributed by atoms with Gasteiger partial charge in [0.25, 0.3) is 5.91 Å². The zero-order chi connectivity index (χ0) is 10.8. The summed E-state index contributed by atoms with van der Waals surface area (Å²) in [5, 5.41) is 14.8. The number of carboxylic acid groups (broad SMARTS) is 1. The maximum Gasteiger partial charge on any atom is 0.303 e. The first-order valence-electron chi connectivity index (χ1n) is 4.67. The number of aliphatic carboxylic acids is 1. The Morgan fingerprint density at radius 2 is 2.33 bits per heavy atom. The molecule has 1 aromatic heterocycles. The molecule has 0 radical (unpaired) electrons. The van der Waals surface area contributed by atoms with Crippen molar-refractivity contribution in [3.63, 3.8) is 0 Å². The zero-order valence-electron chi connectivity index (χ0n) is 8.01. The summed E-state index contributed by atoms with van der Waals surface area (Å²) in [6.45, 7) is 1.04. The van der Waals surface area contributed by atoms with Gasteiger partial charge in [-0.25, -0.2) is 0 Å². The molecular weight excluding hydrogens is 198 g/mol. The Labute approximate surface area is 85.9 Å². The van der Waals surface area contributed by atoms with E-state index in [1.807, 2.05) is 0 Å². The van der Waals surface area contributed by atoms with Crippen LogP contribution in [0.3, 0.4) is 0 Å². The highest BCUT2D eigenvalue weighted by Crippen LogP contribution is 2.20. The van der Waals surface area contributed by atoms with Gasteiger partial charge in [-0.2, -0.15) is 5.10 Å². The molecule has 80 valence electrons. The average Bonchev–Trinajstić information content (AvgIpc) is 2.61. The number of nitrogens with one attached hydrogen (secondary N) is 1. The number of hydrogen-bond donors (Lipinski definition) is 2. The van der Waals surface area contributed by atoms with E-state index in [1.165, 1.54) is 6.20 Å². The number of likely N-dealkylation sites (tertiary alicyclic amines) is 1. The van der Waals surface area contributed by atoms with Crippen molar-refractivity contribution in [2.24, 2.45) is 5.92 Å². The van der Waals surface area contributed by atoms with Crippen molar-refractivity contribution in [3.05, 3.63) is 18.0 Å². The lowest BCUT2D eigenvalue weighted by molar-refractivity contribution is -0.139. The molecule has 1 aromatic rings. The van der Waals surface area contributed by atoms with Crippen molar-refractivity contribution in [2.45, 2.75) is 6.42 Å². The van der Waals surface area contributed by atoms with E-state index in [1.54, 1.807) is 11.0 Å². The molecule has 0 unspecified atom stereocenters. The standard InChI is InChI=1S/C9H11N3O3/c13-8(14)3-6-4-12(5-6)9(15)7-1-2-10-11-7/h1-2,6H,3-5H2,(H,10,11)(H,13,14). The fraction of sp³-hybridized carbons (Fsp3) is 0.444. The number of nitrogens with zero attached hydrogens (tertiary/aromatic N) is 2. The third kappa shape index (κ3) is 1.98. The van der Waals surface area contributed by atoms with Gasteiger partial charge in [0, 0.05) is 25.2 Å². The summed E-state index contributed by atoms with van der Waals surface area (Å²) in [7, 11) is 0. The smallest absolute Gasteiger partial charge is 0.303 e. The summed E-state index contributed by atoms with van der Waals surface area (Å²) in [6.07, 6.45) is 1.65. The van der Waals surface area contributed by atoms with Gasteiger partial charge >= 0.3 is 5.97 Å². The highest BCUT2D eigenvalue weighted by atomic mass is 16.4. The van der Waals surface area contributed by atoms with Gasteiger partial charge in [0.15, 0.2) is 0 Å². The van der Waals surface area contributed by atoms with Crippen LogP contribution in [0.1, 0.15) is 16.9 Å². The summed E-state index contributed by atoms with van der Waals surface area (Å²) in [4.78, 5) is 23.6. The summed E-state index contributed by atoms with van der Waals surface area (Å²) in [6, 6.07) is 1.60. The van der Waals surface area contributed by atoms with Gasteiger partial charge in [0.2, 0.25) is 0 Å². The van der Waals surface area contributed by atoms with Gasteiger partial charge in [-0.05, 0) is 6.07 Å². The normalized spacial score (nSPS) is 16.1. The molecule has 0 aliphatic carbocycles. The van der Waals surface area contributed by atoms with E-state index in [2.05, 4.69) is 10.2 Å². The van der Waals surface area contributed by atoms with Crippen LogP contribution in [-0.4, -0.2) is 45.2 Å². The minimum atomic E-state index is -0.811. The molecule has 2 N–H and O–H groups in total. The average molecular weight is 209 g/mol. The van der Waals surface area contributed by atoms with Crippen LogP contribution in [0.4, 0.5) is 0 Å². The Hall–Kier alpha value is -1.85. The Morgan fingerprint density at radius 3 is 2.87 bits per heavy atom. The van der Waals surface area contributed by atoms with Crippen molar-refractivity contribution in [3.8, 4) is 0 Å². The number of carbonyl (C=O) groups excluding carboxylic acids is 1. The van der Waals surface area contributed by atoms with Crippen molar-refractivity contribution < 1.29 is 14.7 Å². The SMILES string of the molecule is O=C(O)CC1CN(C(=O)c2ccn[nH]2)C1. The second-order valence-electron chi connectivity index (χ2n) is 3.64. The Morgan fingerprint density at radius 1 is 1.60 bits per heavy atom. The molecule has 0 bridgehead atoms. The molecule has 0 saturated carbocycles. The lowest BCUT2D eigenvalue weighted by Crippen LogP contribution is -2.50. The minimum Gasteiger partial charge on any atom is -0.481 e. The molecule has 0 atom stereocenters. The van der Waals surface area contributed by atoms with Gasteiger partial charge in [-0.1, -0.05) is 0 Å². The molecular formula is C9H11N3O3. The molecule has 1 amide bonds. The first-order valence-corrected chi connectivity index (χ1v) is 4.67. The lowest BCUT2D eigenvalue weighted by Gasteiger charge is -2.38. The molecule has 1 fully saturated rings. The van der Waals surface area contributed by atoms with Crippen molar-refractivity contribution >= 4 is 11.9 Å². The number of aromatic amines is 1. The topological polar surface area (TPSA) is 86.3 Å². The van der Waals surface area contributed by atoms with E-state index >= 15 is 0 Å². The summed E-state index contributed by atoms with van der Waals surface area (Å²) < 4.78 is 0. The van der Waals surface area contributed by atoms with Gasteiger partial charge in [-0.15, -0.1) is 0 Å². The summed E-state index contributed by atoms with van der Waals surface area (Å²) in [5.74, 6) is -0.836. The van der Waals surface area contributed by atoms with Crippen LogP contribution in [-0.2, 0) is 4.79 Å². The van der Waals surface area contributed by atoms with Gasteiger partial charge in [0.1, 0.15) is 5.69 Å². The summed E-state index contributed by atoms with van der Waals surface area (Å²) >= 11 is 0. The Bertz CT molecular complexity index is 368. The highest BCUT2D eigenvalue weighted by molar-refractivity contribution is 5.92. The zero-order valence-corrected chi connectivity index (χ0v) is 8.01. The number of hydrogen-bond acceptors (Lipinski definition) is 3. The van der Waals surface area contributed by atoms with Gasteiger partial charge in [0.05, 0.1) is 6.42 Å². The number of H-pyrrole nitrogens is 1. The maximum atomic E-state index is 11.6. The van der Waals surface area contributed by atoms with Gasteiger partial charge in [-0.3, -0.25) is 14.7 Å². The van der Waals surface area contributed by atoms with E-state index in [-0.39, 0.29) is 18.2 Å². The predicted molar refractivity (Wildman–Crippen MR) is 50.2 cm³/mol. The number of carboxylic acids is 1. The maximum absolute atomic E-state index is 11.6. The molecule has 1 aliphatic rings. The Kier molecular flexibility index (Phi) is 2.40. The van der Waals surface area contributed by atoms with E-state index in [0.29, 0.717) is 18.8 Å². The van der Waals surface area contributed by atoms with Crippen molar-refractivity contribution in [1.82, 2.24) is 15.1 Å². The van der Waals surface area contributed by atoms with Crippen LogP contribution >= 0.6 is 0 Å². The molecule has 6 nitrogen and oxygen atoms in total. The van der Waals surface area contributed by atoms with E-state index < -0.39 is 5.97 Å². The molecule has 1 aliphatic heterocycles. The number of rotatable bonds is 3. The fourth-order valence-corrected chi connectivity index (χ4v) is 1.66. The second-order valence-corrected chi connectivity index (χ2v) is 3.64. The quantitative estimate of drug-likeness (QED) is 0.731. The largest absolute Gasteiger partial charge is 0.481 e. The van der Waals surface area contributed by atoms with Crippen LogP contribution in [0.25, 0.3) is 0 Å². The van der Waals surface area contributed by atoms with Crippen LogP contribution < -0.4 is 0 Å². The molecule has 2 rings (SSSR count). The van der Waals surface area contributed by atoms with Crippen molar-refractivity contribution in [2.75, 3.05) is 13.1 Å². The number of amides is 1. The van der Waals surface area contributed by atoms with E-state index in [0.717, 1.165) is 0 Å². The lowest BCUT2D eigenvalue weighted by atomic mass is 9.96. The minimum absolute atomic E-state index is 0.0920. The summed E-state index contributed by atoms with van der Waals surface area (Å²) in [5.41, 5.74) is 0.448. The van der Waals surface area contributed by atoms with Crippen LogP contribution in [0.5, 0.6) is 0 Å². The van der Waals surface area contributed by atoms with Gasteiger partial charge < -0.3 is 10.0 Å². The van der Waals surface area contributed by atoms with Crippen LogP contribution in [0.15, 0.2) is 12.3 Å². The number of carbonyl (C=O) groups is 2. The van der Waals surface area contributed by atoms with Crippen LogP contribution in [0.2, 0.25) is 0 Å². The third-order valence-electron chi connectivity index (χ3n) is 2.44. The predicted octanol–water partition coefficient (Wildman–Crippen LogP) is -0.0436. The van der Waals surface area contributed by atoms with Crippen LogP contribution in [0, 0.1) is 5.92 Å². The molecule has 2 heterocycles. The van der Waals surface area contributed by atoms with E-state index in [4.69, 9.17) is 5.11 Å². The fourth-order valence-electron chi connectivity index (χ4n) is 1.66. The first kappa shape index (κ1) is 9.70. The molecule has 0 spiro atoms. The Balaban J connectivity index is 1.85. The number of aromatic nitrogens is 2. The molecule has 1 saturated heterocycles. The molecule has 6 heteroatoms. The third-order valence-corrected chi connectivity index (χ3v) is 2.44. The molecule has 0 aromatic carbocycles.